The number of thioether (sulfide) groups is 1. The van der Waals surface area contributed by atoms with Gasteiger partial charge in [-0.25, -0.2) is 0 Å². The monoisotopic (exact) mass is 1760 g/mol. The Morgan fingerprint density at radius 2 is 0.363 bits per heavy atom. The second-order valence-corrected chi connectivity index (χ2v) is 17.9. The molecule has 0 unspecified atom stereocenters. The van der Waals surface area contributed by atoms with Crippen LogP contribution in [0.2, 0.25) is 0 Å². The van der Waals surface area contributed by atoms with E-state index in [1.54, 1.807) is 42.7 Å². The first kappa shape index (κ1) is 328. The normalized spacial score (nSPS) is 5.67. The number of ether oxygens (including phenoxy) is 6. The van der Waals surface area contributed by atoms with Crippen LogP contribution in [0.5, 0.6) is 0 Å². The predicted molar refractivity (Wildman–Crippen MR) is 594 cm³/mol. The summed E-state index contributed by atoms with van der Waals surface area (Å²) in [5.74, 6) is 1.24. The maximum Gasteiger partial charge on any atom is 0.0433 e. The van der Waals surface area contributed by atoms with Crippen molar-refractivity contribution in [3.8, 4) is 0 Å². The Kier molecular flexibility index (Phi) is 925. The van der Waals surface area contributed by atoms with Gasteiger partial charge in [0.25, 0.3) is 0 Å². The van der Waals surface area contributed by atoms with Gasteiger partial charge in [-0.05, 0) is 109 Å². The molecule has 0 bridgehead atoms. The summed E-state index contributed by atoms with van der Waals surface area (Å²) in [6, 6.07) is 28.9. The first-order valence-electron chi connectivity index (χ1n) is 28.7. The largest absolute Gasteiger partial charge is 0.385 e. The van der Waals surface area contributed by atoms with Crippen molar-refractivity contribution in [2.75, 3.05) is 108 Å². The molecule has 4 aromatic rings. The van der Waals surface area contributed by atoms with Gasteiger partial charge in [0.1, 0.15) is 0 Å². The average Bonchev–Trinajstić information content (AvgIpc) is 3.45. The molecule has 0 aromatic heterocycles. The molecule has 0 aliphatic heterocycles. The van der Waals surface area contributed by atoms with Gasteiger partial charge in [0, 0.05) is 115 Å². The van der Waals surface area contributed by atoms with Crippen molar-refractivity contribution in [2.45, 2.75) is 459 Å². The van der Waals surface area contributed by atoms with Crippen molar-refractivity contribution in [1.29, 1.82) is 0 Å². The van der Waals surface area contributed by atoms with Gasteiger partial charge in [-0.2, -0.15) is 45.6 Å². The van der Waals surface area contributed by atoms with Crippen LogP contribution in [0.15, 0.2) is 72.8 Å². The molecule has 0 amide bonds. The van der Waals surface area contributed by atoms with Gasteiger partial charge in [-0.1, -0.05) is 482 Å². The molecule has 0 aliphatic carbocycles. The van der Waals surface area contributed by atoms with E-state index in [0.717, 1.165) is 52.6 Å². The van der Waals surface area contributed by atoms with Crippen molar-refractivity contribution in [3.05, 3.63) is 140 Å². The minimum atomic E-state index is 0. The topological polar surface area (TPSA) is 67.4 Å². The van der Waals surface area contributed by atoms with Crippen molar-refractivity contribution < 1.29 is 61.1 Å². The third-order valence-corrected chi connectivity index (χ3v) is 9.44. The fourth-order valence-electron chi connectivity index (χ4n) is 3.47. The first-order valence-corrected chi connectivity index (χ1v) is 30.1. The SMILES string of the molecule is C.C.C.C.C.C.C.C.C.C.C.C.C.C.C.C.C.C.C.C.C.C.C.C.C.C.C.C.C.C.C.C.C.C.C.CCC.CCC.CCC.CCNC.CCOC.CCOC.CCOC.CCOC.CCOC.CCOC.CCSC.CCc1[c-]c(C)c(C)c(C)c1C.Cc1ccc(C)cc1.Cc1ccc(C)cc1.Cc1ccc(C)cc1.[Y]. The van der Waals surface area contributed by atoms with Gasteiger partial charge in [-0.3, -0.25) is 0 Å². The van der Waals surface area contributed by atoms with Crippen molar-refractivity contribution in [2.24, 2.45) is 0 Å². The summed E-state index contributed by atoms with van der Waals surface area (Å²) < 4.78 is 27.2. The standard InChI is InChI=1S/C12H17.3C8H10.C3H9N.6C3H8O.C3H8S.3C3H8.35CH4.Y/c1-6-12-7-8(2)9(3)10(4)11(12)5;3*1-7-3-5-8(2)6-4-7;8*1-3-4-2;3*1-3-2;;;;;;;;;;;;;;;;;;;;;;;;;;;;;;;;;;;;/h6H2,1-5H3;3*3-6H,1-2H3;4H,3H2,1-2H3;7*3H2,1-2H3;3*3H2,1-2H3;35*1H4;/q-1;;;;;;;;;;;;;;;;;;;;;;;;;;;;;;;;;;;;;;;;;;;;;;;;;;. The minimum Gasteiger partial charge on any atom is -0.385 e. The number of benzene rings is 4. The molecule has 0 saturated carbocycles. The van der Waals surface area contributed by atoms with Crippen LogP contribution < -0.4 is 5.32 Å². The number of methoxy groups -OCH3 is 6. The molecule has 0 fully saturated rings. The van der Waals surface area contributed by atoms with Gasteiger partial charge in [-0.15, -0.1) is 0 Å². The molecule has 0 atom stereocenters. The van der Waals surface area contributed by atoms with E-state index in [4.69, 9.17) is 0 Å². The van der Waals surface area contributed by atoms with Crippen LogP contribution in [0.1, 0.15) is 444 Å². The van der Waals surface area contributed by atoms with Crippen molar-refractivity contribution >= 4 is 11.8 Å². The van der Waals surface area contributed by atoms with Crippen LogP contribution in [0.3, 0.4) is 0 Å². The third-order valence-electron chi connectivity index (χ3n) is 8.86. The molecule has 113 heavy (non-hydrogen) atoms. The fraction of sp³-hybridized carbons (Fsp3) is 0.769. The molecule has 4 rings (SSSR count). The molecule has 9 heteroatoms. The first-order chi connectivity index (χ1) is 36.5. The number of rotatable bonds is 9. The molecule has 0 heterocycles. The smallest absolute Gasteiger partial charge is 0.0433 e. The van der Waals surface area contributed by atoms with Crippen LogP contribution in [0.4, 0.5) is 0 Å². The van der Waals surface area contributed by atoms with Crippen LogP contribution in [0.25, 0.3) is 0 Å². The van der Waals surface area contributed by atoms with E-state index in [0.29, 0.717) is 0 Å². The van der Waals surface area contributed by atoms with E-state index in [-0.39, 0.29) is 293 Å². The van der Waals surface area contributed by atoms with Crippen molar-refractivity contribution in [3.63, 3.8) is 0 Å². The Morgan fingerprint density at radius 1 is 0.257 bits per heavy atom. The van der Waals surface area contributed by atoms with E-state index in [1.165, 1.54) is 86.2 Å². The van der Waals surface area contributed by atoms with E-state index >= 15 is 0 Å². The van der Waals surface area contributed by atoms with E-state index in [2.05, 4.69) is 250 Å². The van der Waals surface area contributed by atoms with E-state index in [1.807, 2.05) is 60.4 Å². The summed E-state index contributed by atoms with van der Waals surface area (Å²) in [7, 11) is 12.0. The Morgan fingerprint density at radius 3 is 0.434 bits per heavy atom. The predicted octanol–water partition coefficient (Wildman–Crippen LogP) is 42.2. The quantitative estimate of drug-likeness (QED) is 0.166. The number of nitrogens with one attached hydrogen (secondary N) is 1. The van der Waals surface area contributed by atoms with Gasteiger partial charge >= 0.3 is 0 Å². The molecular weight excluding hydrogens is 1480 g/mol. The van der Waals surface area contributed by atoms with E-state index in [9.17, 15) is 0 Å². The van der Waals surface area contributed by atoms with Crippen LogP contribution >= 0.6 is 11.8 Å². The zero-order valence-electron chi connectivity index (χ0n) is 58.3. The number of aryl methyl sites for hydroxylation is 8. The molecule has 4 aromatic carbocycles. The summed E-state index contributed by atoms with van der Waals surface area (Å²) in [5, 5.41) is 2.93. The Bertz CT molecular complexity index is 1290. The Balaban J connectivity index is -0.00000000912. The molecule has 0 aliphatic rings. The second-order valence-electron chi connectivity index (χ2n) is 16.8. The molecule has 0 spiro atoms. The molecule has 1 N–H and O–H groups in total. The Labute approximate surface area is 779 Å². The molecule has 0 saturated heterocycles. The van der Waals surface area contributed by atoms with Crippen molar-refractivity contribution in [1.82, 2.24) is 5.32 Å². The Hall–Kier alpha value is -1.95. The molecule has 743 valence electrons. The summed E-state index contributed by atoms with van der Waals surface area (Å²) in [5.41, 5.74) is 14.9. The summed E-state index contributed by atoms with van der Waals surface area (Å²) >= 11 is 1.86. The van der Waals surface area contributed by atoms with Crippen LogP contribution in [0, 0.1) is 75.3 Å². The fourth-order valence-corrected chi connectivity index (χ4v) is 3.47. The number of hydrogen-bond acceptors (Lipinski definition) is 8. The zero-order valence-corrected chi connectivity index (χ0v) is 62.0. The van der Waals surface area contributed by atoms with E-state index < -0.39 is 0 Å². The molecular formula is C104H276NO6SY-. The summed E-state index contributed by atoms with van der Waals surface area (Å²) in [6.45, 7) is 58.2. The van der Waals surface area contributed by atoms with Crippen LogP contribution in [-0.4, -0.2) is 108 Å². The second kappa shape index (κ2) is 319. The zero-order chi connectivity index (χ0) is 62.7. The third kappa shape index (κ3) is 381. The molecule has 1 radical (unpaired) electrons. The minimum absolute atomic E-state index is 0. The van der Waals surface area contributed by atoms with Gasteiger partial charge < -0.3 is 33.7 Å². The maximum absolute atomic E-state index is 4.54. The molecule has 7 nitrogen and oxygen atoms in total. The average molecular weight is 1760 g/mol. The van der Waals surface area contributed by atoms with Crippen LogP contribution in [-0.2, 0) is 67.6 Å². The van der Waals surface area contributed by atoms with Gasteiger partial charge in [0.15, 0.2) is 0 Å². The van der Waals surface area contributed by atoms with Gasteiger partial charge in [0.05, 0.1) is 0 Å². The van der Waals surface area contributed by atoms with Gasteiger partial charge in [0.2, 0.25) is 0 Å². The maximum atomic E-state index is 4.54. The summed E-state index contributed by atoms with van der Waals surface area (Å²) in [4.78, 5) is 0. The number of hydrogen-bond donors (Lipinski definition) is 1. The summed E-state index contributed by atoms with van der Waals surface area (Å²) in [6.07, 6.45) is 6.94.